The van der Waals surface area contributed by atoms with E-state index in [0.717, 1.165) is 0 Å². The van der Waals surface area contributed by atoms with Gasteiger partial charge in [0.1, 0.15) is 5.75 Å². The summed E-state index contributed by atoms with van der Waals surface area (Å²) in [5.41, 5.74) is 5.70. The Labute approximate surface area is 85.3 Å². The maximum absolute atomic E-state index is 12.1. The van der Waals surface area contributed by atoms with Crippen LogP contribution in [0.25, 0.3) is 0 Å². The average molecular weight is 222 g/mol. The van der Waals surface area contributed by atoms with Crippen LogP contribution in [-0.2, 0) is 6.42 Å². The van der Waals surface area contributed by atoms with Crippen molar-refractivity contribution >= 4 is 11.6 Å². The number of hydrogen-bond acceptors (Lipinski definition) is 2. The first-order valence-electron chi connectivity index (χ1n) is 4.02. The first-order chi connectivity index (χ1) is 6.50. The molecular formula is C9H10ClF2NO. The molecule has 0 bridgehead atoms. The number of phenolic OH excluding ortho intramolecular Hbond substituents is 1. The maximum atomic E-state index is 12.1. The summed E-state index contributed by atoms with van der Waals surface area (Å²) in [5, 5.41) is 9.27. The Bertz CT molecular complexity index is 320. The first kappa shape index (κ1) is 11.2. The minimum atomic E-state index is -2.57. The van der Waals surface area contributed by atoms with Gasteiger partial charge in [0, 0.05) is 5.02 Å². The molecular weight excluding hydrogens is 212 g/mol. The Morgan fingerprint density at radius 2 is 2.07 bits per heavy atom. The van der Waals surface area contributed by atoms with Gasteiger partial charge in [0.15, 0.2) is 0 Å². The minimum absolute atomic E-state index is 0.00319. The van der Waals surface area contributed by atoms with E-state index in [9.17, 15) is 8.78 Å². The van der Waals surface area contributed by atoms with E-state index in [2.05, 4.69) is 0 Å². The van der Waals surface area contributed by atoms with Gasteiger partial charge >= 0.3 is 0 Å². The number of rotatable bonds is 3. The molecule has 0 aliphatic heterocycles. The third kappa shape index (κ3) is 2.82. The highest BCUT2D eigenvalue weighted by Gasteiger charge is 2.16. The van der Waals surface area contributed by atoms with Gasteiger partial charge in [-0.25, -0.2) is 8.78 Å². The zero-order chi connectivity index (χ0) is 10.7. The third-order valence-corrected chi connectivity index (χ3v) is 2.17. The molecule has 3 N–H and O–H groups in total. The van der Waals surface area contributed by atoms with Crippen molar-refractivity contribution in [2.24, 2.45) is 5.73 Å². The van der Waals surface area contributed by atoms with Crippen LogP contribution in [0.2, 0.25) is 5.02 Å². The van der Waals surface area contributed by atoms with Gasteiger partial charge in [-0.2, -0.15) is 0 Å². The van der Waals surface area contributed by atoms with Crippen molar-refractivity contribution in [2.45, 2.75) is 18.9 Å². The number of phenols is 1. The van der Waals surface area contributed by atoms with Crippen molar-refractivity contribution in [3.8, 4) is 5.75 Å². The molecule has 0 radical (unpaired) electrons. The Morgan fingerprint density at radius 3 is 2.57 bits per heavy atom. The van der Waals surface area contributed by atoms with Gasteiger partial charge in [-0.3, -0.25) is 0 Å². The van der Waals surface area contributed by atoms with Gasteiger partial charge in [-0.05, 0) is 24.1 Å². The zero-order valence-corrected chi connectivity index (χ0v) is 8.01. The Hall–Kier alpha value is -0.870. The third-order valence-electron chi connectivity index (χ3n) is 1.82. The molecule has 0 amide bonds. The van der Waals surface area contributed by atoms with E-state index in [0.29, 0.717) is 5.56 Å². The molecule has 0 saturated carbocycles. The predicted molar refractivity (Wildman–Crippen MR) is 50.8 cm³/mol. The molecule has 14 heavy (non-hydrogen) atoms. The van der Waals surface area contributed by atoms with E-state index < -0.39 is 12.5 Å². The first-order valence-corrected chi connectivity index (χ1v) is 4.39. The van der Waals surface area contributed by atoms with Crippen LogP contribution >= 0.6 is 11.6 Å². The van der Waals surface area contributed by atoms with Crippen molar-refractivity contribution in [1.82, 2.24) is 0 Å². The number of benzene rings is 1. The summed E-state index contributed by atoms with van der Waals surface area (Å²) in [6, 6.07) is 2.95. The molecule has 0 heterocycles. The fourth-order valence-electron chi connectivity index (χ4n) is 1.04. The smallest absolute Gasteiger partial charge is 0.253 e. The number of hydrogen-bond donors (Lipinski definition) is 2. The fraction of sp³-hybridized carbons (Fsp3) is 0.333. The summed E-state index contributed by atoms with van der Waals surface area (Å²) >= 11 is 5.72. The van der Waals surface area contributed by atoms with E-state index in [1.165, 1.54) is 18.2 Å². The molecule has 2 nitrogen and oxygen atoms in total. The normalized spacial score (nSPS) is 13.2. The zero-order valence-electron chi connectivity index (χ0n) is 7.25. The average Bonchev–Trinajstić information content (AvgIpc) is 2.09. The van der Waals surface area contributed by atoms with Crippen molar-refractivity contribution < 1.29 is 13.9 Å². The number of halogens is 3. The van der Waals surface area contributed by atoms with Gasteiger partial charge in [0.05, 0.1) is 6.04 Å². The summed E-state index contributed by atoms with van der Waals surface area (Å²) in [5.74, 6) is 0.00404. The minimum Gasteiger partial charge on any atom is -0.508 e. The van der Waals surface area contributed by atoms with Crippen molar-refractivity contribution in [1.29, 1.82) is 0 Å². The summed E-state index contributed by atoms with van der Waals surface area (Å²) in [7, 11) is 0. The lowest BCUT2D eigenvalue weighted by atomic mass is 10.1. The van der Waals surface area contributed by atoms with Crippen LogP contribution in [0.5, 0.6) is 5.75 Å². The highest BCUT2D eigenvalue weighted by atomic mass is 35.5. The fourth-order valence-corrected chi connectivity index (χ4v) is 1.30. The van der Waals surface area contributed by atoms with Crippen LogP contribution in [0.1, 0.15) is 5.56 Å². The lowest BCUT2D eigenvalue weighted by Gasteiger charge is -2.11. The molecule has 0 fully saturated rings. The molecule has 1 aromatic rings. The standard InChI is InChI=1S/C9H10ClF2NO/c10-7-4-6(14)2-1-5(7)3-8(13)9(11)12/h1-2,4,8-9,14H,3,13H2. The van der Waals surface area contributed by atoms with Gasteiger partial charge in [-0.1, -0.05) is 17.7 Å². The Kier molecular flexibility index (Phi) is 3.66. The molecule has 0 aromatic heterocycles. The summed E-state index contributed by atoms with van der Waals surface area (Å²) in [6.07, 6.45) is -2.57. The second-order valence-electron chi connectivity index (χ2n) is 2.98. The van der Waals surface area contributed by atoms with Crippen LogP contribution < -0.4 is 5.73 Å². The van der Waals surface area contributed by atoms with Crippen LogP contribution in [0.4, 0.5) is 8.78 Å². The van der Waals surface area contributed by atoms with E-state index in [-0.39, 0.29) is 17.2 Å². The second-order valence-corrected chi connectivity index (χ2v) is 3.39. The quantitative estimate of drug-likeness (QED) is 0.822. The van der Waals surface area contributed by atoms with Crippen molar-refractivity contribution in [3.63, 3.8) is 0 Å². The lowest BCUT2D eigenvalue weighted by molar-refractivity contribution is 0.116. The molecule has 1 atom stereocenters. The van der Waals surface area contributed by atoms with Crippen LogP contribution in [0, 0.1) is 0 Å². The summed E-state index contributed by atoms with van der Waals surface area (Å²) in [4.78, 5) is 0. The van der Waals surface area contributed by atoms with Crippen LogP contribution in [0.3, 0.4) is 0 Å². The SMILES string of the molecule is NC(Cc1ccc(O)cc1Cl)C(F)F. The molecule has 0 saturated heterocycles. The van der Waals surface area contributed by atoms with E-state index in [1.807, 2.05) is 0 Å². The van der Waals surface area contributed by atoms with Crippen LogP contribution in [0.15, 0.2) is 18.2 Å². The Morgan fingerprint density at radius 1 is 1.43 bits per heavy atom. The predicted octanol–water partition coefficient (Wildman–Crippen LogP) is 2.18. The van der Waals surface area contributed by atoms with Crippen LogP contribution in [-0.4, -0.2) is 17.6 Å². The van der Waals surface area contributed by atoms with Crippen molar-refractivity contribution in [2.75, 3.05) is 0 Å². The molecule has 0 aliphatic rings. The summed E-state index contributed by atoms with van der Waals surface area (Å²) < 4.78 is 24.2. The highest BCUT2D eigenvalue weighted by molar-refractivity contribution is 6.31. The van der Waals surface area contributed by atoms with E-state index >= 15 is 0 Å². The highest BCUT2D eigenvalue weighted by Crippen LogP contribution is 2.23. The maximum Gasteiger partial charge on any atom is 0.253 e. The molecule has 1 aromatic carbocycles. The molecule has 0 spiro atoms. The topological polar surface area (TPSA) is 46.2 Å². The van der Waals surface area contributed by atoms with E-state index in [1.54, 1.807) is 0 Å². The van der Waals surface area contributed by atoms with Gasteiger partial charge < -0.3 is 10.8 Å². The van der Waals surface area contributed by atoms with E-state index in [4.69, 9.17) is 22.4 Å². The number of nitrogens with two attached hydrogens (primary N) is 1. The molecule has 1 unspecified atom stereocenters. The second kappa shape index (κ2) is 4.57. The molecule has 5 heteroatoms. The van der Waals surface area contributed by atoms with Gasteiger partial charge in [-0.15, -0.1) is 0 Å². The largest absolute Gasteiger partial charge is 0.508 e. The molecule has 78 valence electrons. The van der Waals surface area contributed by atoms with Crippen molar-refractivity contribution in [3.05, 3.63) is 28.8 Å². The molecule has 0 aliphatic carbocycles. The van der Waals surface area contributed by atoms with Gasteiger partial charge in [0.25, 0.3) is 6.43 Å². The monoisotopic (exact) mass is 221 g/mol. The molecule has 1 rings (SSSR count). The number of alkyl halides is 2. The lowest BCUT2D eigenvalue weighted by Crippen LogP contribution is -2.30. The Balaban J connectivity index is 2.77. The summed E-state index contributed by atoms with van der Waals surface area (Å²) in [6.45, 7) is 0. The number of aromatic hydroxyl groups is 1. The van der Waals surface area contributed by atoms with Gasteiger partial charge in [0.2, 0.25) is 0 Å².